The molecule has 0 aliphatic carbocycles. The predicted octanol–water partition coefficient (Wildman–Crippen LogP) is 1.89. The SMILES string of the molecule is CCOc1cc(CO)ccc1OCc1cncn1C. The molecule has 19 heavy (non-hydrogen) atoms. The third-order valence-electron chi connectivity index (χ3n) is 2.78. The van der Waals surface area contributed by atoms with Crippen molar-refractivity contribution in [2.24, 2.45) is 7.05 Å². The van der Waals surface area contributed by atoms with Crippen LogP contribution < -0.4 is 9.47 Å². The number of ether oxygens (including phenoxy) is 2. The topological polar surface area (TPSA) is 56.5 Å². The lowest BCUT2D eigenvalue weighted by atomic mass is 10.2. The molecule has 1 aromatic heterocycles. The van der Waals surface area contributed by atoms with Crippen molar-refractivity contribution in [3.63, 3.8) is 0 Å². The number of rotatable bonds is 6. The molecule has 2 aromatic rings. The number of nitrogens with zero attached hydrogens (tertiary/aromatic N) is 2. The van der Waals surface area contributed by atoms with E-state index < -0.39 is 0 Å². The van der Waals surface area contributed by atoms with E-state index in [0.717, 1.165) is 11.3 Å². The maximum absolute atomic E-state index is 9.13. The number of aliphatic hydroxyl groups excluding tert-OH is 1. The molecule has 1 N–H and O–H groups in total. The molecule has 0 saturated heterocycles. The third kappa shape index (κ3) is 3.26. The number of imidazole rings is 1. The lowest BCUT2D eigenvalue weighted by molar-refractivity contribution is 0.260. The van der Waals surface area contributed by atoms with Gasteiger partial charge in [0.25, 0.3) is 0 Å². The van der Waals surface area contributed by atoms with E-state index in [0.29, 0.717) is 24.7 Å². The molecule has 0 bridgehead atoms. The van der Waals surface area contributed by atoms with Gasteiger partial charge in [0.05, 0.1) is 31.4 Å². The van der Waals surface area contributed by atoms with Gasteiger partial charge in [-0.25, -0.2) is 4.98 Å². The van der Waals surface area contributed by atoms with Crippen LogP contribution in [0.3, 0.4) is 0 Å². The van der Waals surface area contributed by atoms with Crippen LogP contribution in [0, 0.1) is 0 Å². The zero-order valence-corrected chi connectivity index (χ0v) is 11.2. The van der Waals surface area contributed by atoms with Gasteiger partial charge in [0.15, 0.2) is 11.5 Å². The Hall–Kier alpha value is -2.01. The molecular weight excluding hydrogens is 244 g/mol. The largest absolute Gasteiger partial charge is 0.490 e. The monoisotopic (exact) mass is 262 g/mol. The molecule has 102 valence electrons. The minimum absolute atomic E-state index is 0.0118. The van der Waals surface area contributed by atoms with Gasteiger partial charge >= 0.3 is 0 Å². The van der Waals surface area contributed by atoms with E-state index in [1.807, 2.05) is 30.7 Å². The van der Waals surface area contributed by atoms with Crippen molar-refractivity contribution in [3.8, 4) is 11.5 Å². The molecule has 0 radical (unpaired) electrons. The normalized spacial score (nSPS) is 10.5. The molecule has 0 atom stereocenters. The van der Waals surface area contributed by atoms with E-state index in [-0.39, 0.29) is 6.61 Å². The third-order valence-corrected chi connectivity index (χ3v) is 2.78. The summed E-state index contributed by atoms with van der Waals surface area (Å²) in [5.74, 6) is 1.32. The smallest absolute Gasteiger partial charge is 0.161 e. The first-order valence-electron chi connectivity index (χ1n) is 6.19. The van der Waals surface area contributed by atoms with Gasteiger partial charge in [0, 0.05) is 7.05 Å². The summed E-state index contributed by atoms with van der Waals surface area (Å²) in [4.78, 5) is 4.04. The molecule has 0 aliphatic rings. The highest BCUT2D eigenvalue weighted by molar-refractivity contribution is 5.42. The van der Waals surface area contributed by atoms with Crippen LogP contribution in [-0.4, -0.2) is 21.3 Å². The summed E-state index contributed by atoms with van der Waals surface area (Å²) in [6.45, 7) is 2.88. The Labute approximate surface area is 112 Å². The highest BCUT2D eigenvalue weighted by Crippen LogP contribution is 2.29. The fraction of sp³-hybridized carbons (Fsp3) is 0.357. The van der Waals surface area contributed by atoms with Crippen molar-refractivity contribution >= 4 is 0 Å². The molecule has 1 aromatic carbocycles. The second-order valence-corrected chi connectivity index (χ2v) is 4.16. The van der Waals surface area contributed by atoms with Crippen molar-refractivity contribution in [1.29, 1.82) is 0 Å². The van der Waals surface area contributed by atoms with E-state index in [1.165, 1.54) is 0 Å². The Kier molecular flexibility index (Phi) is 4.41. The molecule has 0 aliphatic heterocycles. The Morgan fingerprint density at radius 1 is 1.26 bits per heavy atom. The second-order valence-electron chi connectivity index (χ2n) is 4.16. The van der Waals surface area contributed by atoms with Gasteiger partial charge in [-0.15, -0.1) is 0 Å². The number of aromatic nitrogens is 2. The number of benzene rings is 1. The predicted molar refractivity (Wildman–Crippen MR) is 71.1 cm³/mol. The Balaban J connectivity index is 2.12. The maximum atomic E-state index is 9.13. The molecule has 5 heteroatoms. The summed E-state index contributed by atoms with van der Waals surface area (Å²) >= 11 is 0. The zero-order valence-electron chi connectivity index (χ0n) is 11.2. The number of hydrogen-bond acceptors (Lipinski definition) is 4. The van der Waals surface area contributed by atoms with Crippen LogP contribution in [0.5, 0.6) is 11.5 Å². The average Bonchev–Trinajstić information content (AvgIpc) is 2.83. The van der Waals surface area contributed by atoms with Gasteiger partial charge in [-0.1, -0.05) is 6.07 Å². The molecule has 0 fully saturated rings. The van der Waals surface area contributed by atoms with Crippen molar-refractivity contribution < 1.29 is 14.6 Å². The van der Waals surface area contributed by atoms with E-state index >= 15 is 0 Å². The van der Waals surface area contributed by atoms with Crippen LogP contribution in [-0.2, 0) is 20.3 Å². The summed E-state index contributed by atoms with van der Waals surface area (Å²) in [6, 6.07) is 5.43. The zero-order chi connectivity index (χ0) is 13.7. The molecule has 0 unspecified atom stereocenters. The van der Waals surface area contributed by atoms with E-state index in [4.69, 9.17) is 14.6 Å². The molecule has 0 saturated carbocycles. The van der Waals surface area contributed by atoms with Crippen LogP contribution in [0.4, 0.5) is 0 Å². The van der Waals surface area contributed by atoms with Gasteiger partial charge in [-0.2, -0.15) is 0 Å². The average molecular weight is 262 g/mol. The van der Waals surface area contributed by atoms with Crippen LogP contribution in [0.25, 0.3) is 0 Å². The minimum Gasteiger partial charge on any atom is -0.490 e. The number of aliphatic hydroxyl groups is 1. The highest BCUT2D eigenvalue weighted by atomic mass is 16.5. The fourth-order valence-electron chi connectivity index (χ4n) is 1.71. The Morgan fingerprint density at radius 2 is 2.11 bits per heavy atom. The van der Waals surface area contributed by atoms with Gasteiger partial charge in [0.1, 0.15) is 6.61 Å². The summed E-state index contributed by atoms with van der Waals surface area (Å²) in [5.41, 5.74) is 1.78. The first-order valence-corrected chi connectivity index (χ1v) is 6.19. The van der Waals surface area contributed by atoms with Crippen molar-refractivity contribution in [2.45, 2.75) is 20.1 Å². The summed E-state index contributed by atoms with van der Waals surface area (Å²) < 4.78 is 13.2. The van der Waals surface area contributed by atoms with Crippen molar-refractivity contribution in [2.75, 3.05) is 6.61 Å². The van der Waals surface area contributed by atoms with Gasteiger partial charge < -0.3 is 19.1 Å². The molecule has 0 amide bonds. The van der Waals surface area contributed by atoms with Crippen LogP contribution >= 0.6 is 0 Å². The molecule has 0 spiro atoms. The Bertz CT molecular complexity index is 537. The van der Waals surface area contributed by atoms with Crippen LogP contribution in [0.2, 0.25) is 0 Å². The lowest BCUT2D eigenvalue weighted by Gasteiger charge is -2.13. The quantitative estimate of drug-likeness (QED) is 0.863. The van der Waals surface area contributed by atoms with Gasteiger partial charge in [-0.3, -0.25) is 0 Å². The van der Waals surface area contributed by atoms with E-state index in [2.05, 4.69) is 4.98 Å². The summed E-state index contributed by atoms with van der Waals surface area (Å²) in [7, 11) is 1.92. The first kappa shape index (κ1) is 13.4. The summed E-state index contributed by atoms with van der Waals surface area (Å²) in [5, 5.41) is 9.13. The van der Waals surface area contributed by atoms with Gasteiger partial charge in [-0.05, 0) is 24.6 Å². The fourth-order valence-corrected chi connectivity index (χ4v) is 1.71. The Morgan fingerprint density at radius 3 is 2.74 bits per heavy atom. The summed E-state index contributed by atoms with van der Waals surface area (Å²) in [6.07, 6.45) is 3.50. The molecule has 2 rings (SSSR count). The number of aryl methyl sites for hydroxylation is 1. The van der Waals surface area contributed by atoms with Crippen molar-refractivity contribution in [3.05, 3.63) is 42.0 Å². The lowest BCUT2D eigenvalue weighted by Crippen LogP contribution is -2.03. The van der Waals surface area contributed by atoms with E-state index in [9.17, 15) is 0 Å². The van der Waals surface area contributed by atoms with Crippen LogP contribution in [0.15, 0.2) is 30.7 Å². The molecular formula is C14H18N2O3. The van der Waals surface area contributed by atoms with Gasteiger partial charge in [0.2, 0.25) is 0 Å². The first-order chi connectivity index (χ1) is 9.24. The number of hydrogen-bond donors (Lipinski definition) is 1. The molecule has 5 nitrogen and oxygen atoms in total. The molecule has 1 heterocycles. The standard InChI is InChI=1S/C14H18N2O3/c1-3-18-14-6-11(8-17)4-5-13(14)19-9-12-7-15-10-16(12)2/h4-7,10,17H,3,8-9H2,1-2H3. The van der Waals surface area contributed by atoms with E-state index in [1.54, 1.807) is 18.6 Å². The highest BCUT2D eigenvalue weighted by Gasteiger charge is 2.07. The minimum atomic E-state index is -0.0118. The van der Waals surface area contributed by atoms with Crippen molar-refractivity contribution in [1.82, 2.24) is 9.55 Å². The second kappa shape index (κ2) is 6.24. The maximum Gasteiger partial charge on any atom is 0.161 e. The van der Waals surface area contributed by atoms with Crippen LogP contribution in [0.1, 0.15) is 18.2 Å².